The van der Waals surface area contributed by atoms with Gasteiger partial charge in [-0.05, 0) is 62.8 Å². The Kier molecular flexibility index (Phi) is 10.2. The first-order valence-corrected chi connectivity index (χ1v) is 11.4. The second kappa shape index (κ2) is 12.3. The minimum absolute atomic E-state index is 0. The van der Waals surface area contributed by atoms with Crippen molar-refractivity contribution in [2.45, 2.75) is 46.0 Å². The molecule has 0 amide bonds. The fourth-order valence-electron chi connectivity index (χ4n) is 4.13. The maximum atomic E-state index is 6.62. The van der Waals surface area contributed by atoms with E-state index in [1.54, 1.807) is 0 Å². The second-order valence-electron chi connectivity index (χ2n) is 8.69. The van der Waals surface area contributed by atoms with E-state index < -0.39 is 0 Å². The number of benzene rings is 2. The predicted molar refractivity (Wildman–Crippen MR) is 126 cm³/mol. The molecule has 0 radical (unpaired) electrons. The Bertz CT molecular complexity index is 813. The van der Waals surface area contributed by atoms with Crippen LogP contribution in [0.2, 0.25) is 0 Å². The van der Waals surface area contributed by atoms with Crippen molar-refractivity contribution in [3.8, 4) is 0 Å². The van der Waals surface area contributed by atoms with Crippen LogP contribution >= 0.6 is 11.6 Å². The van der Waals surface area contributed by atoms with Crippen molar-refractivity contribution in [2.24, 2.45) is 0 Å². The second-order valence-corrected chi connectivity index (χ2v) is 9.17. The predicted octanol–water partition coefficient (Wildman–Crippen LogP) is 3.77. The van der Waals surface area contributed by atoms with Crippen LogP contribution in [0.1, 0.15) is 41.5 Å². The summed E-state index contributed by atoms with van der Waals surface area (Å²) in [5.74, 6) is 0. The van der Waals surface area contributed by atoms with Crippen molar-refractivity contribution in [1.82, 2.24) is 0 Å². The Hall–Kier alpha value is -1.54. The molecule has 3 heteroatoms. The van der Waals surface area contributed by atoms with E-state index in [0.29, 0.717) is 0 Å². The quantitative estimate of drug-likeness (QED) is 0.430. The summed E-state index contributed by atoms with van der Waals surface area (Å²) in [4.78, 5) is 0. The first kappa shape index (κ1) is 24.7. The Morgan fingerprint density at radius 2 is 1.37 bits per heavy atom. The molecule has 3 rings (SSSR count). The van der Waals surface area contributed by atoms with Crippen molar-refractivity contribution in [1.29, 1.82) is 0 Å². The number of hydrogen-bond donors (Lipinski definition) is 0. The van der Waals surface area contributed by atoms with Crippen LogP contribution in [0, 0.1) is 13.8 Å². The highest BCUT2D eigenvalue weighted by molar-refractivity contribution is 6.29. The van der Waals surface area contributed by atoms with Crippen LogP contribution in [-0.2, 0) is 12.8 Å². The summed E-state index contributed by atoms with van der Waals surface area (Å²) in [6, 6.07) is 17.6. The summed E-state index contributed by atoms with van der Waals surface area (Å²) in [5, 5.41) is 0.973. The molecule has 1 aliphatic rings. The van der Waals surface area contributed by atoms with Crippen LogP contribution < -0.4 is 12.4 Å². The van der Waals surface area contributed by atoms with E-state index in [1.807, 2.05) is 0 Å². The standard InChI is InChI=1S/C27H35ClN.ClH/c1-23-9-13-25(14-10-23)8-4-7-20-29(18-5-3-6-19-29)21-17-27(28)22-26-15-11-24(2)12-16-26;/h4,7,9-17H,3,5-6,8,18-22H2,1-2H3;1H/q+1;/p-1/b7-4+,27-17-;. The molecule has 0 bridgehead atoms. The van der Waals surface area contributed by atoms with Gasteiger partial charge in [0.15, 0.2) is 0 Å². The summed E-state index contributed by atoms with van der Waals surface area (Å²) in [6.07, 6.45) is 12.9. The van der Waals surface area contributed by atoms with Gasteiger partial charge in [-0.3, -0.25) is 0 Å². The molecule has 0 aromatic heterocycles. The molecule has 0 atom stereocenters. The summed E-state index contributed by atoms with van der Waals surface area (Å²) >= 11 is 6.62. The van der Waals surface area contributed by atoms with Gasteiger partial charge >= 0.3 is 0 Å². The molecule has 2 aromatic carbocycles. The lowest BCUT2D eigenvalue weighted by Crippen LogP contribution is -3.00. The molecule has 2 aromatic rings. The van der Waals surface area contributed by atoms with Crippen molar-refractivity contribution < 1.29 is 16.9 Å². The van der Waals surface area contributed by atoms with Crippen molar-refractivity contribution in [2.75, 3.05) is 26.2 Å². The van der Waals surface area contributed by atoms with E-state index in [0.717, 1.165) is 35.4 Å². The normalized spacial score (nSPS) is 16.4. The molecule has 0 aliphatic carbocycles. The van der Waals surface area contributed by atoms with Gasteiger partial charge in [0.05, 0.1) is 26.2 Å². The summed E-state index contributed by atoms with van der Waals surface area (Å²) in [5.41, 5.74) is 5.30. The maximum absolute atomic E-state index is 6.62. The highest BCUT2D eigenvalue weighted by atomic mass is 35.5. The number of rotatable bonds is 8. The number of aryl methyl sites for hydroxylation is 2. The van der Waals surface area contributed by atoms with Gasteiger partial charge in [-0.15, -0.1) is 0 Å². The average Bonchev–Trinajstić information content (AvgIpc) is 2.74. The number of hydrogen-bond acceptors (Lipinski definition) is 0. The van der Waals surface area contributed by atoms with E-state index in [-0.39, 0.29) is 12.4 Å². The van der Waals surface area contributed by atoms with Crippen LogP contribution in [0.4, 0.5) is 0 Å². The van der Waals surface area contributed by atoms with E-state index in [2.05, 4.69) is 80.6 Å². The summed E-state index contributed by atoms with van der Waals surface area (Å²) in [6.45, 7) is 8.94. The molecule has 1 aliphatic heterocycles. The molecule has 0 spiro atoms. The summed E-state index contributed by atoms with van der Waals surface area (Å²) < 4.78 is 1.15. The van der Waals surface area contributed by atoms with Gasteiger partial charge in [0.1, 0.15) is 0 Å². The fourth-order valence-corrected chi connectivity index (χ4v) is 4.35. The van der Waals surface area contributed by atoms with Gasteiger partial charge < -0.3 is 16.9 Å². The van der Waals surface area contributed by atoms with E-state index in [1.165, 1.54) is 54.6 Å². The third-order valence-corrected chi connectivity index (χ3v) is 6.38. The van der Waals surface area contributed by atoms with Gasteiger partial charge in [0.2, 0.25) is 0 Å². The SMILES string of the molecule is Cc1ccc(C/C=C/C[N+]2(C/C=C(\Cl)Cc3ccc(C)cc3)CCCCC2)cc1.[Cl-]. The van der Waals surface area contributed by atoms with Crippen molar-refractivity contribution in [3.05, 3.63) is 94.0 Å². The van der Waals surface area contributed by atoms with Gasteiger partial charge in [-0.2, -0.15) is 0 Å². The molecule has 1 nitrogen and oxygen atoms in total. The van der Waals surface area contributed by atoms with Gasteiger partial charge in [-0.25, -0.2) is 0 Å². The van der Waals surface area contributed by atoms with Gasteiger partial charge in [0.25, 0.3) is 0 Å². The molecule has 1 heterocycles. The number of halogens is 2. The molecule has 0 saturated carbocycles. The molecule has 0 unspecified atom stereocenters. The lowest BCUT2D eigenvalue weighted by Gasteiger charge is -2.40. The van der Waals surface area contributed by atoms with Crippen LogP contribution in [0.3, 0.4) is 0 Å². The Balaban J connectivity index is 0.00000320. The Labute approximate surface area is 194 Å². The fraction of sp³-hybridized carbons (Fsp3) is 0.407. The number of piperidine rings is 1. The lowest BCUT2D eigenvalue weighted by atomic mass is 10.1. The zero-order chi connectivity index (χ0) is 20.5. The highest BCUT2D eigenvalue weighted by Crippen LogP contribution is 2.21. The molecule has 1 saturated heterocycles. The smallest absolute Gasteiger partial charge is 0.0990 e. The van der Waals surface area contributed by atoms with E-state index >= 15 is 0 Å². The molecular weight excluding hydrogens is 409 g/mol. The minimum Gasteiger partial charge on any atom is -1.00 e. The number of allylic oxidation sites excluding steroid dienone is 2. The highest BCUT2D eigenvalue weighted by Gasteiger charge is 2.27. The maximum Gasteiger partial charge on any atom is 0.0990 e. The molecule has 1 fully saturated rings. The Morgan fingerprint density at radius 3 is 1.97 bits per heavy atom. The largest absolute Gasteiger partial charge is 1.00 e. The monoisotopic (exact) mass is 443 g/mol. The third kappa shape index (κ3) is 7.95. The number of likely N-dealkylation sites (tertiary alicyclic amines) is 1. The zero-order valence-corrected chi connectivity index (χ0v) is 19.9. The number of quaternary nitrogens is 1. The zero-order valence-electron chi connectivity index (χ0n) is 18.4. The first-order valence-electron chi connectivity index (χ1n) is 11.0. The van der Waals surface area contributed by atoms with Crippen LogP contribution in [0.5, 0.6) is 0 Å². The van der Waals surface area contributed by atoms with Gasteiger partial charge in [-0.1, -0.05) is 77.3 Å². The average molecular weight is 444 g/mol. The van der Waals surface area contributed by atoms with Crippen LogP contribution in [0.25, 0.3) is 0 Å². The molecule has 30 heavy (non-hydrogen) atoms. The van der Waals surface area contributed by atoms with Crippen molar-refractivity contribution >= 4 is 11.6 Å². The Morgan fingerprint density at radius 1 is 0.800 bits per heavy atom. The van der Waals surface area contributed by atoms with Crippen molar-refractivity contribution in [3.63, 3.8) is 0 Å². The van der Waals surface area contributed by atoms with Gasteiger partial charge in [0, 0.05) is 11.5 Å². The van der Waals surface area contributed by atoms with Crippen LogP contribution in [0.15, 0.2) is 71.8 Å². The topological polar surface area (TPSA) is 0 Å². The molecular formula is C27H35Cl2N. The summed E-state index contributed by atoms with van der Waals surface area (Å²) in [7, 11) is 0. The molecule has 162 valence electrons. The molecule has 0 N–H and O–H groups in total. The van der Waals surface area contributed by atoms with E-state index in [9.17, 15) is 0 Å². The lowest BCUT2D eigenvalue weighted by molar-refractivity contribution is -0.921. The number of nitrogens with zero attached hydrogens (tertiary/aromatic N) is 1. The third-order valence-electron chi connectivity index (χ3n) is 6.09. The van der Waals surface area contributed by atoms with E-state index in [4.69, 9.17) is 11.6 Å². The minimum atomic E-state index is 0. The van der Waals surface area contributed by atoms with Crippen LogP contribution in [-0.4, -0.2) is 30.7 Å². The first-order chi connectivity index (χ1) is 14.0.